The van der Waals surface area contributed by atoms with Gasteiger partial charge >= 0.3 is 0 Å². The van der Waals surface area contributed by atoms with Gasteiger partial charge in [-0.1, -0.05) is 0 Å². The molecule has 3 aromatic heterocycles. The Bertz CT molecular complexity index is 877. The number of hydrogen-bond donors (Lipinski definition) is 0. The van der Waals surface area contributed by atoms with Gasteiger partial charge in [0, 0.05) is 49.5 Å². The summed E-state index contributed by atoms with van der Waals surface area (Å²) in [6.45, 7) is 3.91. The molecule has 1 unspecified atom stereocenters. The molecule has 7 heteroatoms. The molecule has 0 bridgehead atoms. The largest absolute Gasteiger partial charge is 0.355 e. The summed E-state index contributed by atoms with van der Waals surface area (Å²) < 4.78 is 0. The van der Waals surface area contributed by atoms with E-state index in [1.165, 1.54) is 0 Å². The van der Waals surface area contributed by atoms with E-state index in [1.807, 2.05) is 19.1 Å². The highest BCUT2D eigenvalue weighted by Gasteiger charge is 2.26. The maximum absolute atomic E-state index is 4.55. The molecule has 4 heterocycles. The van der Waals surface area contributed by atoms with E-state index < -0.39 is 0 Å². The van der Waals surface area contributed by atoms with Crippen LogP contribution in [0, 0.1) is 6.92 Å². The maximum atomic E-state index is 4.55. The van der Waals surface area contributed by atoms with Crippen LogP contribution in [0.25, 0.3) is 10.9 Å². The molecule has 0 N–H and O–H groups in total. The van der Waals surface area contributed by atoms with Crippen molar-refractivity contribution in [3.8, 4) is 0 Å². The van der Waals surface area contributed by atoms with Crippen LogP contribution in [0.15, 0.2) is 37.2 Å². The van der Waals surface area contributed by atoms with Crippen LogP contribution in [-0.2, 0) is 0 Å². The van der Waals surface area contributed by atoms with E-state index in [4.69, 9.17) is 0 Å². The monoisotopic (exact) mass is 335 g/mol. The number of hydrogen-bond acceptors (Lipinski definition) is 7. The van der Waals surface area contributed by atoms with Crippen LogP contribution >= 0.6 is 0 Å². The third kappa shape index (κ3) is 3.09. The topological polar surface area (TPSA) is 70.9 Å². The zero-order chi connectivity index (χ0) is 17.2. The van der Waals surface area contributed by atoms with Gasteiger partial charge in [-0.2, -0.15) is 0 Å². The van der Waals surface area contributed by atoms with Crippen molar-refractivity contribution in [1.29, 1.82) is 0 Å². The number of likely N-dealkylation sites (N-methyl/N-ethyl adjacent to an activating group) is 1. The van der Waals surface area contributed by atoms with Gasteiger partial charge in [0.1, 0.15) is 24.3 Å². The fourth-order valence-electron chi connectivity index (χ4n) is 3.43. The number of aryl methyl sites for hydroxylation is 1. The standard InChI is InChI=1S/C18H21N7/c1-13-8-17(22-11-20-13)24(2)14-4-3-7-25(10-14)18-15-5-6-19-9-16(15)21-12-23-18/h5-6,8-9,11-12,14H,3-4,7,10H2,1-2H3. The van der Waals surface area contributed by atoms with Crippen LogP contribution in [0.2, 0.25) is 0 Å². The summed E-state index contributed by atoms with van der Waals surface area (Å²) in [5, 5.41) is 1.05. The van der Waals surface area contributed by atoms with Gasteiger partial charge in [-0.3, -0.25) is 4.98 Å². The van der Waals surface area contributed by atoms with Crippen LogP contribution in [-0.4, -0.2) is 51.1 Å². The lowest BCUT2D eigenvalue weighted by molar-refractivity contribution is 0.484. The molecule has 128 valence electrons. The zero-order valence-corrected chi connectivity index (χ0v) is 14.5. The molecule has 1 fully saturated rings. The third-order valence-electron chi connectivity index (χ3n) is 4.81. The molecule has 25 heavy (non-hydrogen) atoms. The molecule has 4 rings (SSSR count). The lowest BCUT2D eigenvalue weighted by atomic mass is 10.0. The summed E-state index contributed by atoms with van der Waals surface area (Å²) in [5.74, 6) is 1.96. The predicted molar refractivity (Wildman–Crippen MR) is 97.7 cm³/mol. The van der Waals surface area contributed by atoms with Crippen molar-refractivity contribution in [2.75, 3.05) is 29.9 Å². The summed E-state index contributed by atoms with van der Waals surface area (Å²) >= 11 is 0. The van der Waals surface area contributed by atoms with Crippen molar-refractivity contribution in [3.63, 3.8) is 0 Å². The Labute approximate surface area is 146 Å². The Morgan fingerprint density at radius 1 is 1.16 bits per heavy atom. The average Bonchev–Trinajstić information content (AvgIpc) is 2.67. The average molecular weight is 335 g/mol. The highest BCUT2D eigenvalue weighted by Crippen LogP contribution is 2.27. The van der Waals surface area contributed by atoms with Gasteiger partial charge in [0.25, 0.3) is 0 Å². The Hall–Kier alpha value is -2.83. The lowest BCUT2D eigenvalue weighted by Gasteiger charge is -2.39. The van der Waals surface area contributed by atoms with Gasteiger partial charge in [0.05, 0.1) is 11.7 Å². The van der Waals surface area contributed by atoms with Crippen molar-refractivity contribution in [1.82, 2.24) is 24.9 Å². The van der Waals surface area contributed by atoms with Crippen molar-refractivity contribution in [3.05, 3.63) is 42.9 Å². The van der Waals surface area contributed by atoms with E-state index in [9.17, 15) is 0 Å². The molecular weight excluding hydrogens is 314 g/mol. The number of aromatic nitrogens is 5. The molecule has 3 aromatic rings. The summed E-state index contributed by atoms with van der Waals surface area (Å²) in [6, 6.07) is 4.41. The smallest absolute Gasteiger partial charge is 0.140 e. The van der Waals surface area contributed by atoms with Gasteiger partial charge in [0.15, 0.2) is 0 Å². The molecule has 0 aliphatic carbocycles. The van der Waals surface area contributed by atoms with E-state index >= 15 is 0 Å². The van der Waals surface area contributed by atoms with Crippen LogP contribution in [0.5, 0.6) is 0 Å². The molecule has 1 atom stereocenters. The molecule has 0 radical (unpaired) electrons. The van der Waals surface area contributed by atoms with Crippen molar-refractivity contribution in [2.24, 2.45) is 0 Å². The van der Waals surface area contributed by atoms with E-state index in [0.717, 1.165) is 54.2 Å². The number of nitrogens with zero attached hydrogens (tertiary/aromatic N) is 7. The van der Waals surface area contributed by atoms with E-state index in [0.29, 0.717) is 6.04 Å². The quantitative estimate of drug-likeness (QED) is 0.727. The van der Waals surface area contributed by atoms with Gasteiger partial charge in [-0.05, 0) is 25.8 Å². The highest BCUT2D eigenvalue weighted by molar-refractivity contribution is 5.88. The first-order valence-electron chi connectivity index (χ1n) is 8.53. The zero-order valence-electron chi connectivity index (χ0n) is 14.5. The summed E-state index contributed by atoms with van der Waals surface area (Å²) in [4.78, 5) is 26.3. The SMILES string of the molecule is Cc1cc(N(C)C2CCCN(c3ncnc4cnccc34)C2)ncn1. The second-order valence-corrected chi connectivity index (χ2v) is 6.46. The Morgan fingerprint density at radius 2 is 2.04 bits per heavy atom. The van der Waals surface area contributed by atoms with Crippen molar-refractivity contribution < 1.29 is 0 Å². The Kier molecular flexibility index (Phi) is 4.13. The predicted octanol–water partition coefficient (Wildman–Crippen LogP) is 2.23. The van der Waals surface area contributed by atoms with Gasteiger partial charge in [0.2, 0.25) is 0 Å². The highest BCUT2D eigenvalue weighted by atomic mass is 15.3. The van der Waals surface area contributed by atoms with Crippen LogP contribution in [0.1, 0.15) is 18.5 Å². The normalized spacial score (nSPS) is 17.7. The number of fused-ring (bicyclic) bond motifs is 1. The first kappa shape index (κ1) is 15.7. The molecule has 0 saturated carbocycles. The second kappa shape index (κ2) is 6.58. The molecule has 7 nitrogen and oxygen atoms in total. The van der Waals surface area contributed by atoms with Gasteiger partial charge in [-0.15, -0.1) is 0 Å². The molecule has 0 spiro atoms. The minimum Gasteiger partial charge on any atom is -0.355 e. The Balaban J connectivity index is 1.60. The van der Waals surface area contributed by atoms with E-state index in [2.05, 4.69) is 41.8 Å². The van der Waals surface area contributed by atoms with Crippen molar-refractivity contribution in [2.45, 2.75) is 25.8 Å². The number of pyridine rings is 1. The number of rotatable bonds is 3. The molecule has 1 aliphatic rings. The molecule has 1 aliphatic heterocycles. The fraction of sp³-hybridized carbons (Fsp3) is 0.389. The first-order valence-corrected chi connectivity index (χ1v) is 8.53. The fourth-order valence-corrected chi connectivity index (χ4v) is 3.43. The number of anilines is 2. The van der Waals surface area contributed by atoms with Gasteiger partial charge < -0.3 is 9.80 Å². The van der Waals surface area contributed by atoms with Gasteiger partial charge in [-0.25, -0.2) is 19.9 Å². The van der Waals surface area contributed by atoms with Crippen molar-refractivity contribution >= 4 is 22.5 Å². The molecular formula is C18H21N7. The van der Waals surface area contributed by atoms with E-state index in [1.54, 1.807) is 25.0 Å². The minimum atomic E-state index is 0.384. The third-order valence-corrected chi connectivity index (χ3v) is 4.81. The summed E-state index contributed by atoms with van der Waals surface area (Å²) in [7, 11) is 2.11. The summed E-state index contributed by atoms with van der Waals surface area (Å²) in [6.07, 6.45) is 9.10. The van der Waals surface area contributed by atoms with E-state index in [-0.39, 0.29) is 0 Å². The maximum Gasteiger partial charge on any atom is 0.140 e. The Morgan fingerprint density at radius 3 is 2.92 bits per heavy atom. The summed E-state index contributed by atoms with van der Waals surface area (Å²) in [5.41, 5.74) is 1.87. The second-order valence-electron chi connectivity index (χ2n) is 6.46. The molecule has 0 aromatic carbocycles. The molecule has 1 saturated heterocycles. The van der Waals surface area contributed by atoms with Crippen LogP contribution in [0.4, 0.5) is 11.6 Å². The lowest BCUT2D eigenvalue weighted by Crippen LogP contribution is -2.47. The first-order chi connectivity index (χ1) is 12.2. The van der Waals surface area contributed by atoms with Crippen LogP contribution < -0.4 is 9.80 Å². The minimum absolute atomic E-state index is 0.384. The molecule has 0 amide bonds. The number of piperidine rings is 1. The van der Waals surface area contributed by atoms with Crippen LogP contribution in [0.3, 0.4) is 0 Å².